The summed E-state index contributed by atoms with van der Waals surface area (Å²) in [5, 5.41) is 10.5. The molecule has 0 aliphatic heterocycles. The minimum Gasteiger partial charge on any atom is -0.374 e. The minimum absolute atomic E-state index is 0.121. The first kappa shape index (κ1) is 13.7. The maximum absolute atomic E-state index is 10.5. The molecule has 1 aromatic carbocycles. The fourth-order valence-corrected chi connectivity index (χ4v) is 2.31. The molecule has 0 aromatic heterocycles. The van der Waals surface area contributed by atoms with Crippen LogP contribution in [0.25, 0.3) is 6.08 Å². The number of benzene rings is 1. The zero-order valence-corrected chi connectivity index (χ0v) is 11.0. The standard InChI is InChI=1S/C15H19NO3/c17-16(18)14-10-8-13(9-11-14)5-4-12-19-15-6-2-1-3-7-15/h4-5,8-11,15H,1-3,6-7,12H2/b5-4+. The molecule has 0 spiro atoms. The van der Waals surface area contributed by atoms with Gasteiger partial charge in [0.1, 0.15) is 0 Å². The largest absolute Gasteiger partial charge is 0.374 e. The van der Waals surface area contributed by atoms with Crippen molar-refractivity contribution in [3.8, 4) is 0 Å². The van der Waals surface area contributed by atoms with Gasteiger partial charge in [0.15, 0.2) is 0 Å². The molecule has 0 heterocycles. The summed E-state index contributed by atoms with van der Waals surface area (Å²) in [7, 11) is 0. The SMILES string of the molecule is O=[N+]([O-])c1ccc(/C=C/COC2CCCCC2)cc1. The molecule has 102 valence electrons. The van der Waals surface area contributed by atoms with Crippen molar-refractivity contribution in [1.29, 1.82) is 0 Å². The van der Waals surface area contributed by atoms with Crippen molar-refractivity contribution in [2.24, 2.45) is 0 Å². The third-order valence-electron chi connectivity index (χ3n) is 3.39. The first-order valence-corrected chi connectivity index (χ1v) is 6.78. The molecule has 4 nitrogen and oxygen atoms in total. The molecule has 19 heavy (non-hydrogen) atoms. The van der Waals surface area contributed by atoms with E-state index in [2.05, 4.69) is 0 Å². The van der Waals surface area contributed by atoms with Crippen molar-refractivity contribution < 1.29 is 9.66 Å². The van der Waals surface area contributed by atoms with E-state index in [1.807, 2.05) is 12.2 Å². The Hall–Kier alpha value is -1.68. The van der Waals surface area contributed by atoms with Crippen LogP contribution in [-0.2, 0) is 4.74 Å². The highest BCUT2D eigenvalue weighted by Gasteiger charge is 2.12. The second-order valence-electron chi connectivity index (χ2n) is 4.84. The van der Waals surface area contributed by atoms with Gasteiger partial charge in [0, 0.05) is 12.1 Å². The fourth-order valence-electron chi connectivity index (χ4n) is 2.31. The predicted molar refractivity (Wildman–Crippen MR) is 75.0 cm³/mol. The Labute approximate surface area is 113 Å². The molecule has 1 aliphatic carbocycles. The Morgan fingerprint density at radius 1 is 1.21 bits per heavy atom. The van der Waals surface area contributed by atoms with Crippen molar-refractivity contribution in [3.63, 3.8) is 0 Å². The Kier molecular flexibility index (Phi) is 5.10. The number of nitro benzene ring substituents is 1. The molecule has 1 aliphatic rings. The maximum Gasteiger partial charge on any atom is 0.269 e. The van der Waals surface area contributed by atoms with Crippen LogP contribution in [0.1, 0.15) is 37.7 Å². The van der Waals surface area contributed by atoms with Crippen molar-refractivity contribution in [2.75, 3.05) is 6.61 Å². The van der Waals surface area contributed by atoms with Gasteiger partial charge in [0.25, 0.3) is 5.69 Å². The molecule has 0 N–H and O–H groups in total. The molecule has 0 unspecified atom stereocenters. The Bertz CT molecular complexity index is 433. The lowest BCUT2D eigenvalue weighted by atomic mass is 9.98. The highest BCUT2D eigenvalue weighted by Crippen LogP contribution is 2.20. The van der Waals surface area contributed by atoms with E-state index < -0.39 is 0 Å². The summed E-state index contributed by atoms with van der Waals surface area (Å²) >= 11 is 0. The van der Waals surface area contributed by atoms with Crippen LogP contribution in [0.5, 0.6) is 0 Å². The first-order valence-electron chi connectivity index (χ1n) is 6.78. The van der Waals surface area contributed by atoms with Crippen molar-refractivity contribution in [1.82, 2.24) is 0 Å². The first-order chi connectivity index (χ1) is 9.25. The maximum atomic E-state index is 10.5. The van der Waals surface area contributed by atoms with Gasteiger partial charge in [-0.2, -0.15) is 0 Å². The number of nitro groups is 1. The van der Waals surface area contributed by atoms with Gasteiger partial charge in [-0.1, -0.05) is 31.4 Å². The third kappa shape index (κ3) is 4.48. The average Bonchev–Trinajstić information content (AvgIpc) is 2.45. The Morgan fingerprint density at radius 3 is 2.53 bits per heavy atom. The molecule has 0 bridgehead atoms. The summed E-state index contributed by atoms with van der Waals surface area (Å²) in [4.78, 5) is 10.1. The van der Waals surface area contributed by atoms with Gasteiger partial charge in [0.2, 0.25) is 0 Å². The zero-order valence-electron chi connectivity index (χ0n) is 11.0. The summed E-state index contributed by atoms with van der Waals surface area (Å²) in [5.41, 5.74) is 1.08. The second kappa shape index (κ2) is 7.04. The lowest BCUT2D eigenvalue weighted by Crippen LogP contribution is -2.16. The molecule has 0 saturated heterocycles. The lowest BCUT2D eigenvalue weighted by molar-refractivity contribution is -0.384. The normalized spacial score (nSPS) is 16.8. The van der Waals surface area contributed by atoms with Crippen LogP contribution in [0.4, 0.5) is 5.69 Å². The Balaban J connectivity index is 1.76. The zero-order chi connectivity index (χ0) is 13.5. The number of hydrogen-bond donors (Lipinski definition) is 0. The Morgan fingerprint density at radius 2 is 1.89 bits per heavy atom. The van der Waals surface area contributed by atoms with E-state index in [0.717, 1.165) is 5.56 Å². The van der Waals surface area contributed by atoms with E-state index in [0.29, 0.717) is 12.7 Å². The van der Waals surface area contributed by atoms with Crippen LogP contribution in [0.15, 0.2) is 30.3 Å². The van der Waals surface area contributed by atoms with Crippen LogP contribution in [0.2, 0.25) is 0 Å². The van der Waals surface area contributed by atoms with Gasteiger partial charge >= 0.3 is 0 Å². The van der Waals surface area contributed by atoms with Crippen molar-refractivity contribution in [3.05, 3.63) is 46.0 Å². The highest BCUT2D eigenvalue weighted by molar-refractivity contribution is 5.51. The monoisotopic (exact) mass is 261 g/mol. The summed E-state index contributed by atoms with van der Waals surface area (Å²) in [6.07, 6.45) is 10.5. The van der Waals surface area contributed by atoms with E-state index >= 15 is 0 Å². The molecular formula is C15H19NO3. The molecule has 2 rings (SSSR count). The third-order valence-corrected chi connectivity index (χ3v) is 3.39. The molecule has 1 saturated carbocycles. The van der Waals surface area contributed by atoms with Crippen LogP contribution in [0, 0.1) is 10.1 Å². The highest BCUT2D eigenvalue weighted by atomic mass is 16.6. The van der Waals surface area contributed by atoms with E-state index in [1.165, 1.54) is 44.2 Å². The van der Waals surface area contributed by atoms with Crippen molar-refractivity contribution in [2.45, 2.75) is 38.2 Å². The number of hydrogen-bond acceptors (Lipinski definition) is 3. The molecule has 0 amide bonds. The van der Waals surface area contributed by atoms with Gasteiger partial charge in [0.05, 0.1) is 17.6 Å². The predicted octanol–water partition coefficient (Wildman–Crippen LogP) is 3.96. The number of non-ortho nitro benzene ring substituents is 1. The van der Waals surface area contributed by atoms with E-state index in [9.17, 15) is 10.1 Å². The van der Waals surface area contributed by atoms with Gasteiger partial charge < -0.3 is 4.74 Å². The molecular weight excluding hydrogens is 242 g/mol. The van der Waals surface area contributed by atoms with E-state index in [4.69, 9.17) is 4.74 Å². The summed E-state index contributed by atoms with van der Waals surface area (Å²) in [5.74, 6) is 0. The van der Waals surface area contributed by atoms with Crippen LogP contribution >= 0.6 is 0 Å². The van der Waals surface area contributed by atoms with E-state index in [1.54, 1.807) is 12.1 Å². The van der Waals surface area contributed by atoms with Gasteiger partial charge in [-0.25, -0.2) is 0 Å². The summed E-state index contributed by atoms with van der Waals surface area (Å²) in [6.45, 7) is 0.613. The van der Waals surface area contributed by atoms with Gasteiger partial charge in [-0.05, 0) is 30.5 Å². The lowest BCUT2D eigenvalue weighted by Gasteiger charge is -2.21. The van der Waals surface area contributed by atoms with Gasteiger partial charge in [-0.15, -0.1) is 0 Å². The molecule has 4 heteroatoms. The average molecular weight is 261 g/mol. The molecule has 0 atom stereocenters. The molecule has 1 aromatic rings. The van der Waals surface area contributed by atoms with Gasteiger partial charge in [-0.3, -0.25) is 10.1 Å². The fraction of sp³-hybridized carbons (Fsp3) is 0.467. The molecule has 1 fully saturated rings. The number of nitrogens with zero attached hydrogens (tertiary/aromatic N) is 1. The quantitative estimate of drug-likeness (QED) is 0.595. The minimum atomic E-state index is -0.389. The number of ether oxygens (including phenoxy) is 1. The van der Waals surface area contributed by atoms with E-state index in [-0.39, 0.29) is 10.6 Å². The molecule has 0 radical (unpaired) electrons. The summed E-state index contributed by atoms with van der Waals surface area (Å²) in [6, 6.07) is 6.52. The van der Waals surface area contributed by atoms with Crippen LogP contribution in [-0.4, -0.2) is 17.6 Å². The summed E-state index contributed by atoms with van der Waals surface area (Å²) < 4.78 is 5.77. The smallest absolute Gasteiger partial charge is 0.269 e. The second-order valence-corrected chi connectivity index (χ2v) is 4.84. The van der Waals surface area contributed by atoms with Crippen LogP contribution in [0.3, 0.4) is 0 Å². The van der Waals surface area contributed by atoms with Crippen molar-refractivity contribution >= 4 is 11.8 Å². The number of rotatable bonds is 5. The topological polar surface area (TPSA) is 52.4 Å². The van der Waals surface area contributed by atoms with Crippen LogP contribution < -0.4 is 0 Å².